The third-order valence-corrected chi connectivity index (χ3v) is 3.81. The van der Waals surface area contributed by atoms with Crippen molar-refractivity contribution in [1.29, 1.82) is 0 Å². The average molecular weight is 250 g/mol. The third kappa shape index (κ3) is 2.96. The van der Waals surface area contributed by atoms with Crippen LogP contribution in [0.25, 0.3) is 6.08 Å². The molecular weight excluding hydrogens is 228 g/mol. The van der Waals surface area contributed by atoms with E-state index in [2.05, 4.69) is 56.5 Å². The fourth-order valence-corrected chi connectivity index (χ4v) is 2.85. The quantitative estimate of drug-likeness (QED) is 0.676. The molecule has 0 fully saturated rings. The van der Waals surface area contributed by atoms with Gasteiger partial charge in [0.05, 0.1) is 0 Å². The van der Waals surface area contributed by atoms with E-state index in [4.69, 9.17) is 0 Å². The Kier molecular flexibility index (Phi) is 4.57. The lowest BCUT2D eigenvalue weighted by Gasteiger charge is -2.22. The molecule has 1 unspecified atom stereocenters. The van der Waals surface area contributed by atoms with Gasteiger partial charge in [-0.25, -0.2) is 0 Å². The van der Waals surface area contributed by atoms with Crippen LogP contribution in [-0.4, -0.2) is 0 Å². The van der Waals surface area contributed by atoms with E-state index in [1.807, 2.05) is 12.2 Å². The number of rotatable bonds is 4. The van der Waals surface area contributed by atoms with Crippen molar-refractivity contribution < 1.29 is 0 Å². The molecule has 0 aliphatic heterocycles. The molecule has 0 bridgehead atoms. The molecule has 0 nitrogen and oxygen atoms in total. The van der Waals surface area contributed by atoms with E-state index >= 15 is 0 Å². The standard InChI is InChI=1S/C19H22/c1-4-9-18-14-17-11-8-7-10-16(17)13-12-15(5-2)19(18)6-3/h5-8,10-13,18H,2-4,9,14H2,1H3/b13-12-,19-15-. The third-order valence-electron chi connectivity index (χ3n) is 3.81. The van der Waals surface area contributed by atoms with Crippen molar-refractivity contribution in [3.05, 3.63) is 77.9 Å². The lowest BCUT2D eigenvalue weighted by molar-refractivity contribution is 0.555. The van der Waals surface area contributed by atoms with Crippen LogP contribution in [0.15, 0.2) is 66.8 Å². The summed E-state index contributed by atoms with van der Waals surface area (Å²) in [7, 11) is 0. The van der Waals surface area contributed by atoms with Crippen LogP contribution in [0.5, 0.6) is 0 Å². The minimum atomic E-state index is 0.543. The van der Waals surface area contributed by atoms with Crippen molar-refractivity contribution in [2.75, 3.05) is 0 Å². The Balaban J connectivity index is 2.52. The zero-order valence-electron chi connectivity index (χ0n) is 11.7. The Morgan fingerprint density at radius 1 is 1.16 bits per heavy atom. The zero-order chi connectivity index (χ0) is 13.7. The molecule has 2 rings (SSSR count). The highest BCUT2D eigenvalue weighted by Gasteiger charge is 2.17. The van der Waals surface area contributed by atoms with Crippen LogP contribution >= 0.6 is 0 Å². The molecule has 0 heterocycles. The van der Waals surface area contributed by atoms with Gasteiger partial charge in [-0.1, -0.05) is 75.1 Å². The predicted octanol–water partition coefficient (Wildman–Crippen LogP) is 5.34. The lowest BCUT2D eigenvalue weighted by Crippen LogP contribution is -2.10. The lowest BCUT2D eigenvalue weighted by atomic mass is 9.82. The number of allylic oxidation sites excluding steroid dienone is 5. The van der Waals surface area contributed by atoms with Gasteiger partial charge in [-0.15, -0.1) is 0 Å². The molecule has 0 amide bonds. The topological polar surface area (TPSA) is 0 Å². The monoisotopic (exact) mass is 250 g/mol. The van der Waals surface area contributed by atoms with Crippen molar-refractivity contribution in [2.45, 2.75) is 26.2 Å². The Morgan fingerprint density at radius 2 is 1.95 bits per heavy atom. The summed E-state index contributed by atoms with van der Waals surface area (Å²) in [6.07, 6.45) is 11.8. The van der Waals surface area contributed by atoms with Crippen molar-refractivity contribution >= 4 is 6.08 Å². The van der Waals surface area contributed by atoms with E-state index in [-0.39, 0.29) is 0 Å². The number of hydrogen-bond acceptors (Lipinski definition) is 0. The second kappa shape index (κ2) is 6.38. The summed E-state index contributed by atoms with van der Waals surface area (Å²) >= 11 is 0. The predicted molar refractivity (Wildman–Crippen MR) is 85.0 cm³/mol. The van der Waals surface area contributed by atoms with Gasteiger partial charge in [-0.05, 0) is 41.0 Å². The summed E-state index contributed by atoms with van der Waals surface area (Å²) in [6.45, 7) is 10.2. The molecule has 0 heteroatoms. The van der Waals surface area contributed by atoms with Gasteiger partial charge in [0.25, 0.3) is 0 Å². The molecule has 0 saturated heterocycles. The second-order valence-electron chi connectivity index (χ2n) is 5.04. The minimum Gasteiger partial charge on any atom is -0.0988 e. The fourth-order valence-electron chi connectivity index (χ4n) is 2.85. The van der Waals surface area contributed by atoms with Crippen LogP contribution in [0, 0.1) is 5.92 Å². The first kappa shape index (κ1) is 13.6. The Hall–Kier alpha value is -1.82. The van der Waals surface area contributed by atoms with Gasteiger partial charge in [0.2, 0.25) is 0 Å². The van der Waals surface area contributed by atoms with E-state index in [1.165, 1.54) is 35.1 Å². The van der Waals surface area contributed by atoms with Gasteiger partial charge in [-0.2, -0.15) is 0 Å². The van der Waals surface area contributed by atoms with Crippen molar-refractivity contribution in [3.63, 3.8) is 0 Å². The van der Waals surface area contributed by atoms with Gasteiger partial charge >= 0.3 is 0 Å². The summed E-state index contributed by atoms with van der Waals surface area (Å²) in [6, 6.07) is 8.66. The molecule has 0 N–H and O–H groups in total. The number of hydrogen-bond donors (Lipinski definition) is 0. The molecule has 1 aliphatic carbocycles. The fraction of sp³-hybridized carbons (Fsp3) is 0.263. The SMILES string of the molecule is C=CC1=C(\C=C)C(CCC)Cc2ccccc2/C=C\1. The molecule has 19 heavy (non-hydrogen) atoms. The minimum absolute atomic E-state index is 0.543. The first-order valence-corrected chi connectivity index (χ1v) is 7.05. The van der Waals surface area contributed by atoms with Gasteiger partial charge in [0.15, 0.2) is 0 Å². The summed E-state index contributed by atoms with van der Waals surface area (Å²) in [5.74, 6) is 0.543. The normalized spacial score (nSPS) is 23.9. The molecule has 1 aliphatic rings. The first-order chi connectivity index (χ1) is 9.30. The van der Waals surface area contributed by atoms with Crippen molar-refractivity contribution in [1.82, 2.24) is 0 Å². The molecule has 1 aromatic rings. The summed E-state index contributed by atoms with van der Waals surface area (Å²) in [5.41, 5.74) is 5.30. The van der Waals surface area contributed by atoms with E-state index in [9.17, 15) is 0 Å². The zero-order valence-corrected chi connectivity index (χ0v) is 11.7. The van der Waals surface area contributed by atoms with E-state index in [1.54, 1.807) is 0 Å². The first-order valence-electron chi connectivity index (χ1n) is 7.05. The molecule has 98 valence electrons. The van der Waals surface area contributed by atoms with Crippen LogP contribution in [-0.2, 0) is 6.42 Å². The molecule has 0 saturated carbocycles. The van der Waals surface area contributed by atoms with E-state index in [0.717, 1.165) is 6.42 Å². The number of benzene rings is 1. The Bertz CT molecular complexity index is 529. The van der Waals surface area contributed by atoms with E-state index < -0.39 is 0 Å². The van der Waals surface area contributed by atoms with Gasteiger partial charge < -0.3 is 0 Å². The van der Waals surface area contributed by atoms with Gasteiger partial charge in [0, 0.05) is 0 Å². The van der Waals surface area contributed by atoms with Crippen LogP contribution in [0.1, 0.15) is 30.9 Å². The highest BCUT2D eigenvalue weighted by atomic mass is 14.2. The average Bonchev–Trinajstić information content (AvgIpc) is 2.42. The molecule has 0 aromatic heterocycles. The van der Waals surface area contributed by atoms with Gasteiger partial charge in [-0.3, -0.25) is 0 Å². The Morgan fingerprint density at radius 3 is 2.63 bits per heavy atom. The molecule has 1 aromatic carbocycles. The summed E-state index contributed by atoms with van der Waals surface area (Å²) in [4.78, 5) is 0. The molecular formula is C19H22. The smallest absolute Gasteiger partial charge is 0.0116 e. The van der Waals surface area contributed by atoms with Crippen LogP contribution in [0.3, 0.4) is 0 Å². The maximum atomic E-state index is 4.00. The van der Waals surface area contributed by atoms with Gasteiger partial charge in [0.1, 0.15) is 0 Å². The van der Waals surface area contributed by atoms with Crippen molar-refractivity contribution in [2.24, 2.45) is 5.92 Å². The van der Waals surface area contributed by atoms with Crippen LogP contribution in [0.2, 0.25) is 0 Å². The summed E-state index contributed by atoms with van der Waals surface area (Å²) < 4.78 is 0. The maximum Gasteiger partial charge on any atom is -0.0116 e. The molecule has 0 spiro atoms. The highest BCUT2D eigenvalue weighted by Crippen LogP contribution is 2.30. The largest absolute Gasteiger partial charge is 0.0988 e. The molecule has 1 atom stereocenters. The second-order valence-corrected chi connectivity index (χ2v) is 5.04. The maximum absolute atomic E-state index is 4.00. The highest BCUT2D eigenvalue weighted by molar-refractivity contribution is 5.61. The molecule has 0 radical (unpaired) electrons. The van der Waals surface area contributed by atoms with E-state index in [0.29, 0.717) is 5.92 Å². The van der Waals surface area contributed by atoms with Crippen molar-refractivity contribution in [3.8, 4) is 0 Å². The summed E-state index contributed by atoms with van der Waals surface area (Å²) in [5, 5.41) is 0. The number of fused-ring (bicyclic) bond motifs is 1. The van der Waals surface area contributed by atoms with Crippen LogP contribution in [0.4, 0.5) is 0 Å². The Labute approximate surface area is 116 Å². The van der Waals surface area contributed by atoms with Crippen LogP contribution < -0.4 is 0 Å².